The highest BCUT2D eigenvalue weighted by Crippen LogP contribution is 2.26. The summed E-state index contributed by atoms with van der Waals surface area (Å²) in [7, 11) is 0. The molecule has 2 heterocycles. The van der Waals surface area contributed by atoms with Crippen molar-refractivity contribution in [2.75, 3.05) is 11.9 Å². The zero-order valence-corrected chi connectivity index (χ0v) is 10.7. The summed E-state index contributed by atoms with van der Waals surface area (Å²) in [6.45, 7) is 2.87. The van der Waals surface area contributed by atoms with E-state index in [1.54, 1.807) is 18.6 Å². The van der Waals surface area contributed by atoms with E-state index in [9.17, 15) is 0 Å². The van der Waals surface area contributed by atoms with Crippen molar-refractivity contribution in [3.8, 4) is 11.3 Å². The normalized spacial score (nSPS) is 10.6. The minimum Gasteiger partial charge on any atom is -0.369 e. The number of fused-ring (bicyclic) bond motifs is 1. The second-order valence-corrected chi connectivity index (χ2v) is 4.22. The number of anilines is 1. The molecule has 1 N–H and O–H groups in total. The summed E-state index contributed by atoms with van der Waals surface area (Å²) in [5.41, 5.74) is 1.95. The zero-order valence-electron chi connectivity index (χ0n) is 10.7. The summed E-state index contributed by atoms with van der Waals surface area (Å²) in [5, 5.41) is 5.43. The van der Waals surface area contributed by atoms with E-state index in [0.29, 0.717) is 0 Å². The van der Waals surface area contributed by atoms with Crippen LogP contribution in [0.15, 0.2) is 49.1 Å². The minimum atomic E-state index is 0.797. The highest BCUT2D eigenvalue weighted by Gasteiger charge is 2.06. The molecule has 0 aliphatic rings. The lowest BCUT2D eigenvalue weighted by Gasteiger charge is -2.07. The van der Waals surface area contributed by atoms with Crippen LogP contribution in [0.4, 0.5) is 5.82 Å². The second kappa shape index (κ2) is 5.02. The predicted molar refractivity (Wildman–Crippen MR) is 76.9 cm³/mol. The van der Waals surface area contributed by atoms with Crippen LogP contribution in [-0.4, -0.2) is 21.5 Å². The summed E-state index contributed by atoms with van der Waals surface area (Å²) >= 11 is 0. The maximum atomic E-state index is 4.59. The molecule has 2 aromatic heterocycles. The Kier molecular flexibility index (Phi) is 3.06. The number of aromatic nitrogens is 3. The van der Waals surface area contributed by atoms with E-state index < -0.39 is 0 Å². The van der Waals surface area contributed by atoms with Gasteiger partial charge in [0.2, 0.25) is 0 Å². The van der Waals surface area contributed by atoms with Gasteiger partial charge in [0.25, 0.3) is 0 Å². The van der Waals surface area contributed by atoms with E-state index in [0.717, 1.165) is 34.4 Å². The highest BCUT2D eigenvalue weighted by molar-refractivity contribution is 5.95. The van der Waals surface area contributed by atoms with Gasteiger partial charge in [0.05, 0.1) is 18.1 Å². The molecule has 3 aromatic rings. The molecule has 0 amide bonds. The standard InChI is InChI=1S/C15H14N4/c1-2-18-15-10-17-9-14(19-15)13-5-3-4-11-8-16-7-6-12(11)13/h3-10H,2H2,1H3,(H,18,19). The van der Waals surface area contributed by atoms with Crippen molar-refractivity contribution in [1.29, 1.82) is 0 Å². The van der Waals surface area contributed by atoms with Crippen LogP contribution in [0.2, 0.25) is 0 Å². The van der Waals surface area contributed by atoms with Gasteiger partial charge in [-0.1, -0.05) is 18.2 Å². The number of hydrogen-bond donors (Lipinski definition) is 1. The molecule has 0 aliphatic heterocycles. The molecule has 0 bridgehead atoms. The van der Waals surface area contributed by atoms with E-state index in [2.05, 4.69) is 26.3 Å². The average molecular weight is 250 g/mol. The minimum absolute atomic E-state index is 0.797. The molecule has 0 spiro atoms. The van der Waals surface area contributed by atoms with Crippen molar-refractivity contribution < 1.29 is 0 Å². The maximum absolute atomic E-state index is 4.59. The van der Waals surface area contributed by atoms with E-state index >= 15 is 0 Å². The van der Waals surface area contributed by atoms with E-state index in [1.165, 1.54) is 0 Å². The smallest absolute Gasteiger partial charge is 0.145 e. The summed E-state index contributed by atoms with van der Waals surface area (Å²) in [6.07, 6.45) is 7.18. The summed E-state index contributed by atoms with van der Waals surface area (Å²) in [6, 6.07) is 8.13. The lowest BCUT2D eigenvalue weighted by Crippen LogP contribution is -2.00. The van der Waals surface area contributed by atoms with Crippen LogP contribution in [0.3, 0.4) is 0 Å². The fourth-order valence-corrected chi connectivity index (χ4v) is 2.11. The monoisotopic (exact) mass is 250 g/mol. The molecular weight excluding hydrogens is 236 g/mol. The molecule has 1 aromatic carbocycles. The van der Waals surface area contributed by atoms with Gasteiger partial charge in [-0.25, -0.2) is 4.98 Å². The SMILES string of the molecule is CCNc1cncc(-c2cccc3cnccc23)n1. The molecule has 0 aliphatic carbocycles. The highest BCUT2D eigenvalue weighted by atomic mass is 15.0. The molecule has 3 rings (SSSR count). The van der Waals surface area contributed by atoms with Gasteiger partial charge in [0.15, 0.2) is 0 Å². The van der Waals surface area contributed by atoms with Gasteiger partial charge in [-0.2, -0.15) is 0 Å². The van der Waals surface area contributed by atoms with Crippen molar-refractivity contribution >= 4 is 16.6 Å². The van der Waals surface area contributed by atoms with Crippen LogP contribution < -0.4 is 5.32 Å². The van der Waals surface area contributed by atoms with Gasteiger partial charge >= 0.3 is 0 Å². The fraction of sp³-hybridized carbons (Fsp3) is 0.133. The van der Waals surface area contributed by atoms with Crippen LogP contribution in [0.5, 0.6) is 0 Å². The van der Waals surface area contributed by atoms with E-state index in [4.69, 9.17) is 0 Å². The van der Waals surface area contributed by atoms with Crippen molar-refractivity contribution in [3.63, 3.8) is 0 Å². The molecular formula is C15H14N4. The number of nitrogens with zero attached hydrogens (tertiary/aromatic N) is 3. The number of rotatable bonds is 3. The van der Waals surface area contributed by atoms with Gasteiger partial charge in [0, 0.05) is 29.9 Å². The van der Waals surface area contributed by atoms with Crippen LogP contribution in [0.1, 0.15) is 6.92 Å². The number of benzene rings is 1. The first-order valence-corrected chi connectivity index (χ1v) is 6.27. The number of nitrogens with one attached hydrogen (secondary N) is 1. The maximum Gasteiger partial charge on any atom is 0.145 e. The van der Waals surface area contributed by atoms with Crippen molar-refractivity contribution in [3.05, 3.63) is 49.1 Å². The topological polar surface area (TPSA) is 50.7 Å². The first-order chi connectivity index (χ1) is 9.38. The first kappa shape index (κ1) is 11.6. The first-order valence-electron chi connectivity index (χ1n) is 6.27. The largest absolute Gasteiger partial charge is 0.369 e. The fourth-order valence-electron chi connectivity index (χ4n) is 2.11. The Hall–Kier alpha value is -2.49. The second-order valence-electron chi connectivity index (χ2n) is 4.22. The molecule has 0 saturated heterocycles. The Labute approximate surface area is 111 Å². The van der Waals surface area contributed by atoms with Gasteiger partial charge in [-0.3, -0.25) is 9.97 Å². The zero-order chi connectivity index (χ0) is 13.1. The molecule has 0 unspecified atom stereocenters. The van der Waals surface area contributed by atoms with Gasteiger partial charge < -0.3 is 5.32 Å². The Bertz CT molecular complexity index is 704. The van der Waals surface area contributed by atoms with Crippen LogP contribution in [0.25, 0.3) is 22.0 Å². The molecule has 0 saturated carbocycles. The summed E-state index contributed by atoms with van der Waals surface area (Å²) < 4.78 is 0. The third-order valence-electron chi connectivity index (χ3n) is 2.95. The Morgan fingerprint density at radius 2 is 2.00 bits per heavy atom. The van der Waals surface area contributed by atoms with Crippen molar-refractivity contribution in [2.45, 2.75) is 6.92 Å². The lowest BCUT2D eigenvalue weighted by molar-refractivity contribution is 1.13. The van der Waals surface area contributed by atoms with Crippen LogP contribution in [0, 0.1) is 0 Å². The Morgan fingerprint density at radius 3 is 2.89 bits per heavy atom. The summed E-state index contributed by atoms with van der Waals surface area (Å²) in [4.78, 5) is 13.0. The Balaban J connectivity index is 2.16. The predicted octanol–water partition coefficient (Wildman–Crippen LogP) is 3.12. The lowest BCUT2D eigenvalue weighted by atomic mass is 10.0. The van der Waals surface area contributed by atoms with Crippen LogP contribution in [-0.2, 0) is 0 Å². The van der Waals surface area contributed by atoms with Crippen molar-refractivity contribution in [2.24, 2.45) is 0 Å². The third kappa shape index (κ3) is 2.25. The van der Waals surface area contributed by atoms with Gasteiger partial charge in [0.1, 0.15) is 5.82 Å². The van der Waals surface area contributed by atoms with Gasteiger partial charge in [-0.05, 0) is 18.4 Å². The van der Waals surface area contributed by atoms with E-state index in [1.807, 2.05) is 31.3 Å². The quantitative estimate of drug-likeness (QED) is 0.776. The Morgan fingerprint density at radius 1 is 1.05 bits per heavy atom. The number of pyridine rings is 1. The third-order valence-corrected chi connectivity index (χ3v) is 2.95. The van der Waals surface area contributed by atoms with Crippen LogP contribution >= 0.6 is 0 Å². The molecule has 4 nitrogen and oxygen atoms in total. The van der Waals surface area contributed by atoms with E-state index in [-0.39, 0.29) is 0 Å². The molecule has 94 valence electrons. The molecule has 4 heteroatoms. The molecule has 0 fully saturated rings. The summed E-state index contributed by atoms with van der Waals surface area (Å²) in [5.74, 6) is 0.797. The van der Waals surface area contributed by atoms with Gasteiger partial charge in [-0.15, -0.1) is 0 Å². The van der Waals surface area contributed by atoms with Crippen molar-refractivity contribution in [1.82, 2.24) is 15.0 Å². The molecule has 0 atom stereocenters. The molecule has 0 radical (unpaired) electrons. The average Bonchev–Trinajstić information content (AvgIpc) is 2.47. The molecule has 19 heavy (non-hydrogen) atoms. The number of hydrogen-bond acceptors (Lipinski definition) is 4.